The van der Waals surface area contributed by atoms with Crippen LogP contribution >= 0.6 is 12.2 Å². The SMILES string of the molecule is S=c1oc2ccccc2n1CN1CCN(C(c2ccccc2)c2ccccc2)CC1. The number of hydrogen-bond acceptors (Lipinski definition) is 4. The van der Waals surface area contributed by atoms with E-state index in [0.717, 1.165) is 43.9 Å². The molecule has 0 aliphatic carbocycles. The molecule has 1 aliphatic rings. The van der Waals surface area contributed by atoms with Crippen molar-refractivity contribution in [3.05, 3.63) is 101 Å². The van der Waals surface area contributed by atoms with Crippen LogP contribution in [0.4, 0.5) is 0 Å². The summed E-state index contributed by atoms with van der Waals surface area (Å²) in [6, 6.07) is 30.0. The Labute approximate surface area is 182 Å². The van der Waals surface area contributed by atoms with Gasteiger partial charge in [0, 0.05) is 26.2 Å². The van der Waals surface area contributed by atoms with Crippen molar-refractivity contribution in [3.8, 4) is 0 Å². The molecule has 0 spiro atoms. The third-order valence-electron chi connectivity index (χ3n) is 5.92. The summed E-state index contributed by atoms with van der Waals surface area (Å²) < 4.78 is 7.86. The van der Waals surface area contributed by atoms with Crippen molar-refractivity contribution in [2.45, 2.75) is 12.7 Å². The second-order valence-electron chi connectivity index (χ2n) is 7.78. The minimum absolute atomic E-state index is 0.284. The number of para-hydroxylation sites is 2. The molecule has 5 heteroatoms. The van der Waals surface area contributed by atoms with Gasteiger partial charge in [-0.3, -0.25) is 14.4 Å². The fourth-order valence-corrected chi connectivity index (χ4v) is 4.64. The molecule has 0 amide bonds. The predicted molar refractivity (Wildman–Crippen MR) is 123 cm³/mol. The van der Waals surface area contributed by atoms with Crippen molar-refractivity contribution in [2.24, 2.45) is 0 Å². The minimum atomic E-state index is 0.284. The van der Waals surface area contributed by atoms with Gasteiger partial charge in [-0.15, -0.1) is 0 Å². The van der Waals surface area contributed by atoms with Gasteiger partial charge in [-0.05, 0) is 35.5 Å². The summed E-state index contributed by atoms with van der Waals surface area (Å²) in [5.74, 6) is 0. The molecule has 0 bridgehead atoms. The maximum Gasteiger partial charge on any atom is 0.270 e. The van der Waals surface area contributed by atoms with Crippen molar-refractivity contribution < 1.29 is 4.42 Å². The summed E-state index contributed by atoms with van der Waals surface area (Å²) in [6.45, 7) is 4.79. The Bertz CT molecular complexity index is 1120. The van der Waals surface area contributed by atoms with Gasteiger partial charge in [-0.2, -0.15) is 0 Å². The molecule has 0 atom stereocenters. The second-order valence-corrected chi connectivity index (χ2v) is 8.13. The molecule has 0 N–H and O–H groups in total. The van der Waals surface area contributed by atoms with Crippen LogP contribution in [0.25, 0.3) is 11.1 Å². The Morgan fingerprint density at radius 2 is 1.30 bits per heavy atom. The van der Waals surface area contributed by atoms with Crippen molar-refractivity contribution in [2.75, 3.05) is 26.2 Å². The summed E-state index contributed by atoms with van der Waals surface area (Å²) in [5.41, 5.74) is 4.62. The van der Waals surface area contributed by atoms with Crippen LogP contribution in [-0.4, -0.2) is 40.5 Å². The first-order valence-electron chi connectivity index (χ1n) is 10.4. The van der Waals surface area contributed by atoms with Crippen LogP contribution in [0.1, 0.15) is 17.2 Å². The summed E-state index contributed by atoms with van der Waals surface area (Å²) in [4.78, 5) is 5.60. The Hall–Kier alpha value is -2.73. The maximum atomic E-state index is 5.76. The number of nitrogens with zero attached hydrogens (tertiary/aromatic N) is 3. The van der Waals surface area contributed by atoms with E-state index in [9.17, 15) is 0 Å². The zero-order valence-electron chi connectivity index (χ0n) is 16.9. The molecule has 4 nitrogen and oxygen atoms in total. The predicted octanol–water partition coefficient (Wildman–Crippen LogP) is 5.33. The first kappa shape index (κ1) is 19.2. The van der Waals surface area contributed by atoms with Gasteiger partial charge in [0.1, 0.15) is 0 Å². The highest BCUT2D eigenvalue weighted by Gasteiger charge is 2.26. The number of fused-ring (bicyclic) bond motifs is 1. The van der Waals surface area contributed by atoms with E-state index in [-0.39, 0.29) is 6.04 Å². The molecule has 1 aliphatic heterocycles. The van der Waals surface area contributed by atoms with Gasteiger partial charge in [-0.1, -0.05) is 72.8 Å². The summed E-state index contributed by atoms with van der Waals surface area (Å²) in [7, 11) is 0. The normalized spacial score (nSPS) is 15.8. The molecular weight excluding hydrogens is 390 g/mol. The highest BCUT2D eigenvalue weighted by molar-refractivity contribution is 7.71. The lowest BCUT2D eigenvalue weighted by molar-refractivity contribution is 0.0883. The molecule has 5 rings (SSSR count). The fourth-order valence-electron chi connectivity index (χ4n) is 4.40. The largest absolute Gasteiger partial charge is 0.429 e. The van der Waals surface area contributed by atoms with Crippen molar-refractivity contribution in [1.82, 2.24) is 14.4 Å². The van der Waals surface area contributed by atoms with E-state index in [1.54, 1.807) is 0 Å². The van der Waals surface area contributed by atoms with Crippen LogP contribution in [0.15, 0.2) is 89.3 Å². The van der Waals surface area contributed by atoms with Gasteiger partial charge in [0.25, 0.3) is 4.84 Å². The number of aromatic nitrogens is 1. The summed E-state index contributed by atoms with van der Waals surface area (Å²) in [6.07, 6.45) is 0. The quantitative estimate of drug-likeness (QED) is 0.411. The Balaban J connectivity index is 1.34. The van der Waals surface area contributed by atoms with E-state index in [1.807, 2.05) is 18.2 Å². The molecule has 30 heavy (non-hydrogen) atoms. The molecule has 0 radical (unpaired) electrons. The molecule has 1 aromatic heterocycles. The third kappa shape index (κ3) is 3.84. The van der Waals surface area contributed by atoms with Gasteiger partial charge < -0.3 is 4.42 Å². The Kier molecular flexibility index (Phi) is 5.49. The van der Waals surface area contributed by atoms with Crippen molar-refractivity contribution in [3.63, 3.8) is 0 Å². The lowest BCUT2D eigenvalue weighted by Crippen LogP contribution is -2.48. The fraction of sp³-hybridized carbons (Fsp3) is 0.240. The van der Waals surface area contributed by atoms with Crippen LogP contribution in [0.2, 0.25) is 0 Å². The van der Waals surface area contributed by atoms with E-state index in [1.165, 1.54) is 11.1 Å². The second kappa shape index (κ2) is 8.56. The summed E-state index contributed by atoms with van der Waals surface area (Å²) >= 11 is 5.47. The Morgan fingerprint density at radius 3 is 1.93 bits per heavy atom. The zero-order valence-corrected chi connectivity index (χ0v) is 17.7. The molecule has 2 heterocycles. The van der Waals surface area contributed by atoms with E-state index >= 15 is 0 Å². The monoisotopic (exact) mass is 415 g/mol. The van der Waals surface area contributed by atoms with Gasteiger partial charge in [0.15, 0.2) is 5.58 Å². The smallest absolute Gasteiger partial charge is 0.270 e. The average molecular weight is 416 g/mol. The average Bonchev–Trinajstić information content (AvgIpc) is 3.12. The van der Waals surface area contributed by atoms with Crippen molar-refractivity contribution in [1.29, 1.82) is 0 Å². The van der Waals surface area contributed by atoms with Gasteiger partial charge >= 0.3 is 0 Å². The highest BCUT2D eigenvalue weighted by Crippen LogP contribution is 2.29. The first-order valence-corrected chi connectivity index (χ1v) is 10.8. The maximum absolute atomic E-state index is 5.76. The lowest BCUT2D eigenvalue weighted by atomic mass is 9.96. The zero-order chi connectivity index (χ0) is 20.3. The molecule has 1 fully saturated rings. The van der Waals surface area contributed by atoms with Crippen molar-refractivity contribution >= 4 is 23.3 Å². The molecule has 3 aromatic carbocycles. The highest BCUT2D eigenvalue weighted by atomic mass is 32.1. The number of benzene rings is 3. The van der Waals surface area contributed by atoms with E-state index in [2.05, 4.69) is 81.1 Å². The molecule has 0 unspecified atom stereocenters. The third-order valence-corrected chi connectivity index (χ3v) is 6.22. The molecule has 152 valence electrons. The first-order chi connectivity index (χ1) is 14.8. The number of piperazine rings is 1. The van der Waals surface area contributed by atoms with Gasteiger partial charge in [0.2, 0.25) is 0 Å². The van der Waals surface area contributed by atoms with E-state index in [4.69, 9.17) is 16.6 Å². The molecule has 1 saturated heterocycles. The lowest BCUT2D eigenvalue weighted by Gasteiger charge is -2.39. The number of rotatable bonds is 5. The molecule has 4 aromatic rings. The van der Waals surface area contributed by atoms with Crippen LogP contribution in [0.5, 0.6) is 0 Å². The number of hydrogen-bond donors (Lipinski definition) is 0. The van der Waals surface area contributed by atoms with Gasteiger partial charge in [-0.25, -0.2) is 0 Å². The standard InChI is InChI=1S/C25H25N3OS/c30-25-28(22-13-7-8-14-23(22)29-25)19-26-15-17-27(18-16-26)24(20-9-3-1-4-10-20)21-11-5-2-6-12-21/h1-14,24H,15-19H2. The molecule has 0 saturated carbocycles. The van der Waals surface area contributed by atoms with Crippen LogP contribution < -0.4 is 0 Å². The Morgan fingerprint density at radius 1 is 0.733 bits per heavy atom. The van der Waals surface area contributed by atoms with E-state index < -0.39 is 0 Å². The van der Waals surface area contributed by atoms with Crippen LogP contribution in [0.3, 0.4) is 0 Å². The summed E-state index contributed by atoms with van der Waals surface area (Å²) in [5, 5.41) is 0. The minimum Gasteiger partial charge on any atom is -0.429 e. The topological polar surface area (TPSA) is 24.6 Å². The van der Waals surface area contributed by atoms with E-state index in [0.29, 0.717) is 4.84 Å². The number of oxazole rings is 1. The van der Waals surface area contributed by atoms with Crippen LogP contribution in [-0.2, 0) is 6.67 Å². The van der Waals surface area contributed by atoms with Crippen LogP contribution in [0, 0.1) is 4.84 Å². The molecular formula is C25H25N3OS. The van der Waals surface area contributed by atoms with Gasteiger partial charge in [0.05, 0.1) is 18.2 Å².